The van der Waals surface area contributed by atoms with E-state index in [2.05, 4.69) is 0 Å². The van der Waals surface area contributed by atoms with Gasteiger partial charge in [-0.25, -0.2) is 18.4 Å². The summed E-state index contributed by atoms with van der Waals surface area (Å²) in [7, 11) is 0. The van der Waals surface area contributed by atoms with Crippen LogP contribution in [-0.4, -0.2) is 22.2 Å². The first-order valence-corrected chi connectivity index (χ1v) is 6.42. The summed E-state index contributed by atoms with van der Waals surface area (Å²) in [5.74, 6) is -4.42. The summed E-state index contributed by atoms with van der Waals surface area (Å²) < 4.78 is 26.7. The van der Waals surface area contributed by atoms with Crippen LogP contribution in [0, 0.1) is 11.6 Å². The van der Waals surface area contributed by atoms with Gasteiger partial charge in [0.05, 0.1) is 11.1 Å². The van der Waals surface area contributed by atoms with E-state index in [0.29, 0.717) is 5.56 Å². The Morgan fingerprint density at radius 2 is 1.59 bits per heavy atom. The van der Waals surface area contributed by atoms with Crippen molar-refractivity contribution in [1.82, 2.24) is 0 Å². The molecule has 0 heterocycles. The van der Waals surface area contributed by atoms with Gasteiger partial charge in [-0.1, -0.05) is 18.2 Å². The van der Waals surface area contributed by atoms with E-state index >= 15 is 0 Å². The fourth-order valence-electron chi connectivity index (χ4n) is 2.14. The summed E-state index contributed by atoms with van der Waals surface area (Å²) in [5, 5.41) is 18.0. The summed E-state index contributed by atoms with van der Waals surface area (Å²) >= 11 is 0. The van der Waals surface area contributed by atoms with Crippen LogP contribution in [0.15, 0.2) is 36.4 Å². The highest BCUT2D eigenvalue weighted by Crippen LogP contribution is 2.18. The average Bonchev–Trinajstić information content (AvgIpc) is 2.48. The van der Waals surface area contributed by atoms with Crippen molar-refractivity contribution in [2.75, 3.05) is 0 Å². The number of carbonyl (C=O) groups is 2. The lowest BCUT2D eigenvalue weighted by Crippen LogP contribution is -2.07. The number of carboxylic acids is 2. The molecule has 0 saturated carbocycles. The third-order valence-corrected chi connectivity index (χ3v) is 3.28. The summed E-state index contributed by atoms with van der Waals surface area (Å²) in [4.78, 5) is 22.1. The highest BCUT2D eigenvalue weighted by Gasteiger charge is 2.15. The Labute approximate surface area is 124 Å². The van der Waals surface area contributed by atoms with Crippen molar-refractivity contribution in [2.24, 2.45) is 0 Å². The van der Waals surface area contributed by atoms with Crippen LogP contribution < -0.4 is 0 Å². The van der Waals surface area contributed by atoms with E-state index < -0.39 is 23.6 Å². The van der Waals surface area contributed by atoms with Crippen molar-refractivity contribution in [2.45, 2.75) is 12.8 Å². The van der Waals surface area contributed by atoms with Crippen LogP contribution in [0.4, 0.5) is 8.78 Å². The largest absolute Gasteiger partial charge is 0.478 e. The minimum Gasteiger partial charge on any atom is -0.478 e. The van der Waals surface area contributed by atoms with Crippen LogP contribution in [0.1, 0.15) is 31.8 Å². The molecule has 0 aromatic heterocycles. The molecule has 22 heavy (non-hydrogen) atoms. The second-order valence-corrected chi connectivity index (χ2v) is 4.70. The predicted molar refractivity (Wildman–Crippen MR) is 74.1 cm³/mol. The van der Waals surface area contributed by atoms with E-state index in [4.69, 9.17) is 10.2 Å². The number of aromatic carboxylic acids is 2. The molecule has 0 saturated heterocycles. The second-order valence-electron chi connectivity index (χ2n) is 4.70. The summed E-state index contributed by atoms with van der Waals surface area (Å²) in [6, 6.07) is 7.52. The molecule has 0 aliphatic heterocycles. The Balaban J connectivity index is 2.27. The highest BCUT2D eigenvalue weighted by atomic mass is 19.2. The van der Waals surface area contributed by atoms with E-state index in [1.54, 1.807) is 0 Å². The molecule has 0 atom stereocenters. The molecule has 0 amide bonds. The molecular formula is C16H12F2O4. The maximum Gasteiger partial charge on any atom is 0.335 e. The van der Waals surface area contributed by atoms with E-state index in [9.17, 15) is 18.4 Å². The lowest BCUT2D eigenvalue weighted by Gasteiger charge is -2.08. The fraction of sp³-hybridized carbons (Fsp3) is 0.125. The number of rotatable bonds is 5. The molecule has 0 aliphatic carbocycles. The number of hydrogen-bond acceptors (Lipinski definition) is 2. The number of benzene rings is 2. The molecule has 0 fully saturated rings. The van der Waals surface area contributed by atoms with Gasteiger partial charge >= 0.3 is 11.9 Å². The van der Waals surface area contributed by atoms with E-state index in [1.807, 2.05) is 0 Å². The van der Waals surface area contributed by atoms with Crippen molar-refractivity contribution in [3.05, 3.63) is 70.3 Å². The third-order valence-electron chi connectivity index (χ3n) is 3.28. The van der Waals surface area contributed by atoms with Gasteiger partial charge in [0.2, 0.25) is 0 Å². The third kappa shape index (κ3) is 3.28. The van der Waals surface area contributed by atoms with Crippen molar-refractivity contribution in [3.63, 3.8) is 0 Å². The summed E-state index contributed by atoms with van der Waals surface area (Å²) in [6.07, 6.45) is 0.262. The Hall–Kier alpha value is -2.76. The number of halogens is 2. The quantitative estimate of drug-likeness (QED) is 0.890. The van der Waals surface area contributed by atoms with Crippen molar-refractivity contribution < 1.29 is 28.6 Å². The smallest absolute Gasteiger partial charge is 0.335 e. The molecule has 0 aliphatic rings. The molecule has 0 bridgehead atoms. The predicted octanol–water partition coefficient (Wildman–Crippen LogP) is 3.15. The van der Waals surface area contributed by atoms with E-state index in [-0.39, 0.29) is 29.5 Å². The molecule has 2 aromatic carbocycles. The Morgan fingerprint density at radius 3 is 2.23 bits per heavy atom. The maximum atomic E-state index is 13.6. The zero-order chi connectivity index (χ0) is 16.3. The average molecular weight is 306 g/mol. The van der Waals surface area contributed by atoms with Gasteiger partial charge in [-0.2, -0.15) is 0 Å². The molecule has 2 aromatic rings. The maximum absolute atomic E-state index is 13.6. The number of hydrogen-bond donors (Lipinski definition) is 2. The summed E-state index contributed by atoms with van der Waals surface area (Å²) in [6.45, 7) is 0. The molecule has 0 radical (unpaired) electrons. The van der Waals surface area contributed by atoms with Crippen LogP contribution in [0.5, 0.6) is 0 Å². The van der Waals surface area contributed by atoms with Crippen LogP contribution in [0.25, 0.3) is 0 Å². The molecule has 6 heteroatoms. The van der Waals surface area contributed by atoms with Crippen LogP contribution in [0.3, 0.4) is 0 Å². The molecule has 0 spiro atoms. The SMILES string of the molecule is O=C(O)c1ccc(CCc2cccc(F)c2F)c(C(=O)O)c1. The van der Waals surface area contributed by atoms with Crippen LogP contribution >= 0.6 is 0 Å². The van der Waals surface area contributed by atoms with E-state index in [0.717, 1.165) is 12.1 Å². The van der Waals surface area contributed by atoms with Crippen molar-refractivity contribution in [1.29, 1.82) is 0 Å². The standard InChI is InChI=1S/C16H12F2O4/c17-13-3-1-2-10(14(13)18)6-4-9-5-7-11(15(19)20)8-12(9)16(21)22/h1-3,5,7-8H,4,6H2,(H,19,20)(H,21,22). The van der Waals surface area contributed by atoms with Gasteiger partial charge in [0.15, 0.2) is 11.6 Å². The van der Waals surface area contributed by atoms with Crippen molar-refractivity contribution >= 4 is 11.9 Å². The highest BCUT2D eigenvalue weighted by molar-refractivity contribution is 5.94. The van der Waals surface area contributed by atoms with Gasteiger partial charge in [0.25, 0.3) is 0 Å². The fourth-order valence-corrected chi connectivity index (χ4v) is 2.14. The molecule has 114 valence electrons. The first-order valence-electron chi connectivity index (χ1n) is 6.42. The normalized spacial score (nSPS) is 10.5. The summed E-state index contributed by atoms with van der Waals surface area (Å²) in [5.41, 5.74) is 0.203. The Kier molecular flexibility index (Phi) is 4.50. The lowest BCUT2D eigenvalue weighted by molar-refractivity contribution is 0.0695. The van der Waals surface area contributed by atoms with Gasteiger partial charge in [0, 0.05) is 0 Å². The van der Waals surface area contributed by atoms with Crippen molar-refractivity contribution in [3.8, 4) is 0 Å². The zero-order valence-corrected chi connectivity index (χ0v) is 11.3. The van der Waals surface area contributed by atoms with Gasteiger partial charge in [-0.05, 0) is 42.2 Å². The lowest BCUT2D eigenvalue weighted by atomic mass is 9.97. The zero-order valence-electron chi connectivity index (χ0n) is 11.3. The molecule has 0 unspecified atom stereocenters. The van der Waals surface area contributed by atoms with Crippen LogP contribution in [0.2, 0.25) is 0 Å². The molecule has 2 rings (SSSR count). The molecule has 2 N–H and O–H groups in total. The van der Waals surface area contributed by atoms with Gasteiger partial charge in [-0.15, -0.1) is 0 Å². The van der Waals surface area contributed by atoms with Gasteiger partial charge < -0.3 is 10.2 Å². The minimum atomic E-state index is -1.27. The Bertz CT molecular complexity index is 741. The first kappa shape index (κ1) is 15.6. The number of carboxylic acid groups (broad SMARTS) is 2. The monoisotopic (exact) mass is 306 g/mol. The minimum absolute atomic E-state index is 0.107. The number of aryl methyl sites for hydroxylation is 2. The molecule has 4 nitrogen and oxygen atoms in total. The molecular weight excluding hydrogens is 294 g/mol. The topological polar surface area (TPSA) is 74.6 Å². The first-order chi connectivity index (χ1) is 10.4. The Morgan fingerprint density at radius 1 is 0.909 bits per heavy atom. The second kappa shape index (κ2) is 6.34. The van der Waals surface area contributed by atoms with E-state index in [1.165, 1.54) is 24.3 Å². The van der Waals surface area contributed by atoms with Crippen LogP contribution in [-0.2, 0) is 12.8 Å². The van der Waals surface area contributed by atoms with Gasteiger partial charge in [-0.3, -0.25) is 0 Å². The van der Waals surface area contributed by atoms with Gasteiger partial charge in [0.1, 0.15) is 0 Å².